The lowest BCUT2D eigenvalue weighted by Crippen LogP contribution is -2.08. The van der Waals surface area contributed by atoms with Gasteiger partial charge in [0.15, 0.2) is 0 Å². The molecule has 0 bridgehead atoms. The number of aromatic nitrogens is 8. The van der Waals surface area contributed by atoms with Gasteiger partial charge < -0.3 is 17.9 Å². The number of rotatable bonds is 6. The fourth-order valence-corrected chi connectivity index (χ4v) is 7.96. The molecule has 0 radical (unpaired) electrons. The first-order valence-corrected chi connectivity index (χ1v) is 19.1. The van der Waals surface area contributed by atoms with Crippen molar-refractivity contribution in [2.45, 2.75) is 60.1 Å². The summed E-state index contributed by atoms with van der Waals surface area (Å²) in [6, 6.07) is 31.9. The normalized spacial score (nSPS) is 11.9. The number of alkyl halides is 3. The maximum atomic E-state index is 13.3. The molecular formula is C47H45F3N8. The van der Waals surface area contributed by atoms with Gasteiger partial charge in [0.1, 0.15) is 22.9 Å². The topological polar surface area (TPSA) is 70.2 Å². The number of pyridine rings is 2. The van der Waals surface area contributed by atoms with E-state index < -0.39 is 11.7 Å². The molecule has 0 saturated heterocycles. The van der Waals surface area contributed by atoms with Crippen LogP contribution in [0.25, 0.3) is 54.9 Å². The minimum Gasteiger partial charge on any atom is -0.331 e. The van der Waals surface area contributed by atoms with Crippen LogP contribution in [-0.2, 0) is 46.0 Å². The Bertz CT molecular complexity index is 3100. The zero-order chi connectivity index (χ0) is 39.6. The lowest BCUT2D eigenvalue weighted by Gasteiger charge is -2.09. The second-order valence-corrected chi connectivity index (χ2v) is 14.9. The van der Waals surface area contributed by atoms with Gasteiger partial charge in [-0.2, -0.15) is 13.2 Å². The van der Waals surface area contributed by atoms with Crippen LogP contribution in [0.3, 0.4) is 0 Å². The van der Waals surface area contributed by atoms with Gasteiger partial charge in [0, 0.05) is 61.5 Å². The van der Waals surface area contributed by atoms with Crippen LogP contribution in [-0.4, -0.2) is 37.9 Å². The van der Waals surface area contributed by atoms with E-state index in [1.165, 1.54) is 38.0 Å². The molecule has 6 heterocycles. The van der Waals surface area contributed by atoms with E-state index in [0.717, 1.165) is 69.2 Å². The van der Waals surface area contributed by atoms with Crippen LogP contribution in [0, 0.1) is 20.8 Å². The van der Waals surface area contributed by atoms with Gasteiger partial charge >= 0.3 is 6.18 Å². The van der Waals surface area contributed by atoms with Crippen LogP contribution in [0.2, 0.25) is 0 Å². The number of fused-ring (bicyclic) bond motifs is 8. The Labute approximate surface area is 334 Å². The molecule has 6 aromatic heterocycles. The third-order valence-electron chi connectivity index (χ3n) is 11.2. The van der Waals surface area contributed by atoms with E-state index in [-0.39, 0.29) is 13.1 Å². The van der Waals surface area contributed by atoms with Gasteiger partial charge in [-0.05, 0) is 80.3 Å². The number of aryl methyl sites for hydroxylation is 9. The maximum Gasteiger partial charge on any atom is 0.419 e. The lowest BCUT2D eigenvalue weighted by molar-refractivity contribution is -0.136. The van der Waals surface area contributed by atoms with Crippen LogP contribution in [0.15, 0.2) is 109 Å². The molecule has 0 aliphatic rings. The summed E-state index contributed by atoms with van der Waals surface area (Å²) in [6.07, 6.45) is 2.28. The fourth-order valence-electron chi connectivity index (χ4n) is 7.96. The van der Waals surface area contributed by atoms with Crippen molar-refractivity contribution < 1.29 is 13.2 Å². The highest BCUT2D eigenvalue weighted by molar-refractivity contribution is 6.05. The molecule has 0 spiro atoms. The van der Waals surface area contributed by atoms with Gasteiger partial charge in [-0.25, -0.2) is 19.9 Å². The summed E-state index contributed by atoms with van der Waals surface area (Å²) >= 11 is 0. The van der Waals surface area contributed by atoms with Gasteiger partial charge in [0.2, 0.25) is 0 Å². The van der Waals surface area contributed by atoms with E-state index in [4.69, 9.17) is 15.0 Å². The number of imidazole rings is 4. The molecule has 11 heteroatoms. The van der Waals surface area contributed by atoms with Gasteiger partial charge in [-0.1, -0.05) is 74.2 Å². The van der Waals surface area contributed by atoms with Crippen LogP contribution in [0.4, 0.5) is 13.2 Å². The molecule has 294 valence electrons. The average Bonchev–Trinajstić information content (AvgIpc) is 3.99. The first-order chi connectivity index (χ1) is 27.4. The SMILES string of the molecule is C.Cc1ccc(C(F)(F)F)c2nc(CCc3nc4c5ccccc5ccc4n3C)cn12.Cc1ccc(C)n2cc(CCc3nc4c5ccccc5ccc4n3C)nc12. The van der Waals surface area contributed by atoms with Crippen LogP contribution in [0.1, 0.15) is 53.0 Å². The highest BCUT2D eigenvalue weighted by atomic mass is 19.4. The summed E-state index contributed by atoms with van der Waals surface area (Å²) in [4.78, 5) is 18.9. The quantitative estimate of drug-likeness (QED) is 0.169. The zero-order valence-electron chi connectivity index (χ0n) is 32.4. The second-order valence-electron chi connectivity index (χ2n) is 14.9. The molecule has 0 unspecified atom stereocenters. The predicted octanol–water partition coefficient (Wildman–Crippen LogP) is 10.9. The molecule has 0 atom stereocenters. The van der Waals surface area contributed by atoms with E-state index in [2.05, 4.69) is 114 Å². The molecule has 0 aliphatic heterocycles. The van der Waals surface area contributed by atoms with Crippen molar-refractivity contribution in [1.82, 2.24) is 37.9 Å². The van der Waals surface area contributed by atoms with Gasteiger partial charge in [-0.15, -0.1) is 0 Å². The molecular weight excluding hydrogens is 734 g/mol. The van der Waals surface area contributed by atoms with E-state index >= 15 is 0 Å². The number of halogens is 3. The smallest absolute Gasteiger partial charge is 0.331 e. The molecule has 8 nitrogen and oxygen atoms in total. The number of nitrogens with zero attached hydrogens (tertiary/aromatic N) is 8. The van der Waals surface area contributed by atoms with Crippen molar-refractivity contribution in [3.63, 3.8) is 0 Å². The predicted molar refractivity (Wildman–Crippen MR) is 228 cm³/mol. The second kappa shape index (κ2) is 14.8. The van der Waals surface area contributed by atoms with Crippen molar-refractivity contribution >= 4 is 54.9 Å². The highest BCUT2D eigenvalue weighted by Crippen LogP contribution is 2.33. The Kier molecular flexibility index (Phi) is 9.79. The van der Waals surface area contributed by atoms with Gasteiger partial charge in [0.25, 0.3) is 0 Å². The number of hydrogen-bond acceptors (Lipinski definition) is 4. The first-order valence-electron chi connectivity index (χ1n) is 19.1. The molecule has 0 saturated carbocycles. The monoisotopic (exact) mass is 778 g/mol. The Balaban J connectivity index is 0.000000160. The molecule has 0 amide bonds. The van der Waals surface area contributed by atoms with Crippen molar-refractivity contribution in [1.29, 1.82) is 0 Å². The Morgan fingerprint density at radius 3 is 1.48 bits per heavy atom. The molecule has 4 aromatic carbocycles. The van der Waals surface area contributed by atoms with Gasteiger partial charge in [-0.3, -0.25) is 0 Å². The lowest BCUT2D eigenvalue weighted by atomic mass is 10.1. The summed E-state index contributed by atoms with van der Waals surface area (Å²) in [7, 11) is 4.08. The summed E-state index contributed by atoms with van der Waals surface area (Å²) in [6.45, 7) is 6.01. The molecule has 58 heavy (non-hydrogen) atoms. The summed E-state index contributed by atoms with van der Waals surface area (Å²) in [5.41, 5.74) is 9.41. The minimum atomic E-state index is -4.43. The minimum absolute atomic E-state index is 0. The molecule has 10 rings (SSSR count). The van der Waals surface area contributed by atoms with Gasteiger partial charge in [0.05, 0.1) is 39.0 Å². The number of benzene rings is 4. The summed E-state index contributed by atoms with van der Waals surface area (Å²) < 4.78 is 48.0. The zero-order valence-corrected chi connectivity index (χ0v) is 32.4. The van der Waals surface area contributed by atoms with E-state index in [1.54, 1.807) is 13.1 Å². The molecule has 0 aliphatic carbocycles. The Morgan fingerprint density at radius 2 is 0.983 bits per heavy atom. The van der Waals surface area contributed by atoms with Crippen molar-refractivity contribution in [3.05, 3.63) is 155 Å². The Hall–Kier alpha value is -6.49. The third kappa shape index (κ3) is 6.74. The molecule has 0 fully saturated rings. The third-order valence-corrected chi connectivity index (χ3v) is 11.2. The van der Waals surface area contributed by atoms with Crippen LogP contribution in [0.5, 0.6) is 0 Å². The Morgan fingerprint density at radius 1 is 0.517 bits per heavy atom. The first kappa shape index (κ1) is 38.4. The van der Waals surface area contributed by atoms with Crippen molar-refractivity contribution in [2.75, 3.05) is 0 Å². The highest BCUT2D eigenvalue weighted by Gasteiger charge is 2.34. The molecule has 10 aromatic rings. The average molecular weight is 779 g/mol. The van der Waals surface area contributed by atoms with Crippen LogP contribution < -0.4 is 0 Å². The fraction of sp³-hybridized carbons (Fsp3) is 0.234. The van der Waals surface area contributed by atoms with E-state index in [0.29, 0.717) is 24.2 Å². The van der Waals surface area contributed by atoms with E-state index in [1.807, 2.05) is 23.7 Å². The van der Waals surface area contributed by atoms with Crippen molar-refractivity contribution in [2.24, 2.45) is 14.1 Å². The molecule has 0 N–H and O–H groups in total. The van der Waals surface area contributed by atoms with Crippen molar-refractivity contribution in [3.8, 4) is 0 Å². The summed E-state index contributed by atoms with van der Waals surface area (Å²) in [5.74, 6) is 1.98. The maximum absolute atomic E-state index is 13.3. The number of hydrogen-bond donors (Lipinski definition) is 0. The largest absolute Gasteiger partial charge is 0.419 e. The standard InChI is InChI=1S/C23H19F3N4.C23H22N4.CH4/c1-14-7-10-18(23(24,25)26)22-27-16(13-30(14)22)9-12-20-28-21-17-6-4-3-5-15(17)8-11-19(21)29(20)2;1-15-8-9-16(2)27-14-18(24-23(15)27)11-13-21-25-22-19-7-5-4-6-17(19)10-12-20(22)26(21)3;/h3-8,10-11,13H,9,12H2,1-2H3;4-10,12,14H,11,13H2,1-3H3;1H4. The van der Waals surface area contributed by atoms with E-state index in [9.17, 15) is 13.2 Å². The van der Waals surface area contributed by atoms with Crippen LogP contribution >= 0.6 is 0 Å². The summed E-state index contributed by atoms with van der Waals surface area (Å²) in [5, 5.41) is 4.68.